The van der Waals surface area contributed by atoms with Crippen LogP contribution in [-0.4, -0.2) is 17.0 Å². The fourth-order valence-corrected chi connectivity index (χ4v) is 3.12. The van der Waals surface area contributed by atoms with Crippen LogP contribution < -0.4 is 4.90 Å². The van der Waals surface area contributed by atoms with Gasteiger partial charge in [-0.25, -0.2) is 9.97 Å². The highest BCUT2D eigenvalue weighted by atomic mass is 79.9. The molecule has 0 aromatic carbocycles. The molecule has 1 atom stereocenters. The van der Waals surface area contributed by atoms with E-state index in [2.05, 4.69) is 69.2 Å². The molecule has 0 fully saturated rings. The van der Waals surface area contributed by atoms with E-state index in [0.29, 0.717) is 6.04 Å². The summed E-state index contributed by atoms with van der Waals surface area (Å²) in [6.45, 7) is 4.34. The third-order valence-corrected chi connectivity index (χ3v) is 4.55. The van der Waals surface area contributed by atoms with E-state index < -0.39 is 0 Å². The molecule has 0 spiro atoms. The maximum atomic E-state index is 4.64. The van der Waals surface area contributed by atoms with Crippen molar-refractivity contribution in [2.24, 2.45) is 0 Å². The summed E-state index contributed by atoms with van der Waals surface area (Å²) >= 11 is 5.25. The van der Waals surface area contributed by atoms with E-state index in [1.807, 2.05) is 6.07 Å². The van der Waals surface area contributed by atoms with Crippen molar-refractivity contribution in [3.8, 4) is 0 Å². The van der Waals surface area contributed by atoms with E-state index >= 15 is 0 Å². The molecule has 102 valence electrons. The number of anilines is 1. The zero-order valence-electron chi connectivity index (χ0n) is 11.4. The number of thiophene rings is 1. The van der Waals surface area contributed by atoms with E-state index in [1.165, 1.54) is 4.88 Å². The van der Waals surface area contributed by atoms with Crippen LogP contribution in [-0.2, 0) is 6.42 Å². The average molecular weight is 340 g/mol. The van der Waals surface area contributed by atoms with Crippen molar-refractivity contribution in [1.82, 2.24) is 9.97 Å². The third kappa shape index (κ3) is 3.54. The van der Waals surface area contributed by atoms with Gasteiger partial charge in [-0.05, 0) is 40.7 Å². The van der Waals surface area contributed by atoms with Gasteiger partial charge >= 0.3 is 0 Å². The van der Waals surface area contributed by atoms with Gasteiger partial charge in [0.2, 0.25) is 0 Å². The van der Waals surface area contributed by atoms with E-state index in [1.54, 1.807) is 11.3 Å². The molecule has 0 amide bonds. The van der Waals surface area contributed by atoms with Gasteiger partial charge in [0.25, 0.3) is 0 Å². The minimum Gasteiger partial charge on any atom is -0.352 e. The molecule has 3 nitrogen and oxygen atoms in total. The average Bonchev–Trinajstić information content (AvgIpc) is 2.90. The van der Waals surface area contributed by atoms with E-state index in [0.717, 1.165) is 29.1 Å². The fraction of sp³-hybridized carbons (Fsp3) is 0.429. The first kappa shape index (κ1) is 14.5. The summed E-state index contributed by atoms with van der Waals surface area (Å²) in [6.07, 6.45) is 1.97. The Labute approximate surface area is 126 Å². The van der Waals surface area contributed by atoms with Gasteiger partial charge in [-0.3, -0.25) is 0 Å². The molecular formula is C14H18BrN3S. The lowest BCUT2D eigenvalue weighted by Crippen LogP contribution is -2.22. The Hall–Kier alpha value is -0.940. The molecule has 2 heterocycles. The van der Waals surface area contributed by atoms with Gasteiger partial charge < -0.3 is 4.90 Å². The van der Waals surface area contributed by atoms with Gasteiger partial charge in [0.15, 0.2) is 0 Å². The Balaban J connectivity index is 2.25. The second-order valence-electron chi connectivity index (χ2n) is 4.52. The third-order valence-electron chi connectivity index (χ3n) is 3.10. The van der Waals surface area contributed by atoms with Gasteiger partial charge in [0.05, 0.1) is 6.04 Å². The minimum atomic E-state index is 0.316. The lowest BCUT2D eigenvalue weighted by Gasteiger charge is -2.25. The zero-order valence-corrected chi connectivity index (χ0v) is 13.8. The summed E-state index contributed by atoms with van der Waals surface area (Å²) < 4.78 is 0.853. The normalized spacial score (nSPS) is 12.4. The Morgan fingerprint density at radius 3 is 2.84 bits per heavy atom. The Morgan fingerprint density at radius 2 is 2.21 bits per heavy atom. The molecule has 5 heteroatoms. The number of aryl methyl sites for hydroxylation is 1. The molecule has 0 saturated carbocycles. The highest BCUT2D eigenvalue weighted by Gasteiger charge is 2.15. The molecule has 2 aromatic heterocycles. The fourth-order valence-electron chi connectivity index (χ4n) is 1.89. The maximum absolute atomic E-state index is 4.64. The summed E-state index contributed by atoms with van der Waals surface area (Å²) in [7, 11) is 2.08. The van der Waals surface area contributed by atoms with Crippen molar-refractivity contribution in [1.29, 1.82) is 0 Å². The molecule has 0 aliphatic rings. The molecule has 19 heavy (non-hydrogen) atoms. The van der Waals surface area contributed by atoms with Crippen molar-refractivity contribution in [2.45, 2.75) is 32.7 Å². The quantitative estimate of drug-likeness (QED) is 0.753. The molecule has 0 aliphatic carbocycles. The second kappa shape index (κ2) is 6.48. The first-order chi connectivity index (χ1) is 9.11. The van der Waals surface area contributed by atoms with E-state index in [4.69, 9.17) is 0 Å². The molecule has 2 aromatic rings. The highest BCUT2D eigenvalue weighted by Crippen LogP contribution is 2.28. The molecule has 0 N–H and O–H groups in total. The molecule has 2 rings (SSSR count). The van der Waals surface area contributed by atoms with E-state index in [9.17, 15) is 0 Å². The number of hydrogen-bond donors (Lipinski definition) is 0. The lowest BCUT2D eigenvalue weighted by atomic mass is 10.2. The Bertz CT molecular complexity index is 527. The van der Waals surface area contributed by atoms with Crippen LogP contribution in [0.15, 0.2) is 28.2 Å². The van der Waals surface area contributed by atoms with Crippen LogP contribution >= 0.6 is 27.3 Å². The van der Waals surface area contributed by atoms with Crippen molar-refractivity contribution in [2.75, 3.05) is 11.9 Å². The van der Waals surface area contributed by atoms with Gasteiger partial charge in [-0.15, -0.1) is 11.3 Å². The Morgan fingerprint density at radius 1 is 1.42 bits per heavy atom. The van der Waals surface area contributed by atoms with Crippen molar-refractivity contribution in [3.63, 3.8) is 0 Å². The summed E-state index contributed by atoms with van der Waals surface area (Å²) in [5, 5.41) is 2.11. The van der Waals surface area contributed by atoms with Crippen molar-refractivity contribution >= 4 is 33.1 Å². The van der Waals surface area contributed by atoms with Crippen molar-refractivity contribution < 1.29 is 0 Å². The Kier molecular flexibility index (Phi) is 4.93. The van der Waals surface area contributed by atoms with Gasteiger partial charge in [0, 0.05) is 24.4 Å². The summed E-state index contributed by atoms with van der Waals surface area (Å²) in [5.41, 5.74) is 0. The zero-order chi connectivity index (χ0) is 13.8. The van der Waals surface area contributed by atoms with Crippen LogP contribution in [0.4, 0.5) is 5.82 Å². The molecule has 0 saturated heterocycles. The van der Waals surface area contributed by atoms with Gasteiger partial charge in [0.1, 0.15) is 16.2 Å². The monoisotopic (exact) mass is 339 g/mol. The summed E-state index contributed by atoms with van der Waals surface area (Å²) in [6, 6.07) is 6.54. The molecule has 1 unspecified atom stereocenters. The number of hydrogen-bond acceptors (Lipinski definition) is 4. The first-order valence-corrected chi connectivity index (χ1v) is 8.08. The van der Waals surface area contributed by atoms with E-state index in [-0.39, 0.29) is 0 Å². The van der Waals surface area contributed by atoms with Crippen LogP contribution in [0.2, 0.25) is 0 Å². The van der Waals surface area contributed by atoms with Crippen LogP contribution in [0.5, 0.6) is 0 Å². The van der Waals surface area contributed by atoms with Crippen LogP contribution in [0, 0.1) is 0 Å². The highest BCUT2D eigenvalue weighted by molar-refractivity contribution is 9.10. The molecule has 0 bridgehead atoms. The lowest BCUT2D eigenvalue weighted by molar-refractivity contribution is 0.728. The van der Waals surface area contributed by atoms with Gasteiger partial charge in [-0.2, -0.15) is 0 Å². The number of rotatable bonds is 5. The molecule has 0 aliphatic heterocycles. The molecular weight excluding hydrogens is 322 g/mol. The van der Waals surface area contributed by atoms with Gasteiger partial charge in [-0.1, -0.05) is 13.0 Å². The van der Waals surface area contributed by atoms with Crippen LogP contribution in [0.25, 0.3) is 0 Å². The van der Waals surface area contributed by atoms with Crippen molar-refractivity contribution in [3.05, 3.63) is 38.9 Å². The van der Waals surface area contributed by atoms with Crippen LogP contribution in [0.3, 0.4) is 0 Å². The summed E-state index contributed by atoms with van der Waals surface area (Å²) in [4.78, 5) is 12.6. The standard InChI is InChI=1S/C14H18BrN3S/c1-4-6-13-16-12(15)9-14(17-13)18(3)10(2)11-7-5-8-19-11/h5,7-10H,4,6H2,1-3H3. The summed E-state index contributed by atoms with van der Waals surface area (Å²) in [5.74, 6) is 1.86. The SMILES string of the molecule is CCCc1nc(Br)cc(N(C)C(C)c2cccs2)n1. The smallest absolute Gasteiger partial charge is 0.133 e. The first-order valence-electron chi connectivity index (χ1n) is 6.41. The molecule has 0 radical (unpaired) electrons. The second-order valence-corrected chi connectivity index (χ2v) is 6.31. The number of aromatic nitrogens is 2. The number of halogens is 1. The predicted octanol–water partition coefficient (Wildman–Crippen LogP) is 4.45. The number of nitrogens with zero attached hydrogens (tertiary/aromatic N) is 3. The maximum Gasteiger partial charge on any atom is 0.133 e. The topological polar surface area (TPSA) is 29.0 Å². The minimum absolute atomic E-state index is 0.316. The largest absolute Gasteiger partial charge is 0.352 e. The van der Waals surface area contributed by atoms with Crippen LogP contribution in [0.1, 0.15) is 37.0 Å². The predicted molar refractivity (Wildman–Crippen MR) is 84.9 cm³/mol.